The van der Waals surface area contributed by atoms with Gasteiger partial charge in [0.05, 0.1) is 11.3 Å². The number of carbonyl (C=O) groups excluding carboxylic acids is 1. The summed E-state index contributed by atoms with van der Waals surface area (Å²) in [6.45, 7) is 0. The van der Waals surface area contributed by atoms with Gasteiger partial charge < -0.3 is 0 Å². The van der Waals surface area contributed by atoms with E-state index in [-0.39, 0.29) is 5.15 Å². The van der Waals surface area contributed by atoms with Crippen LogP contribution in [0.5, 0.6) is 0 Å². The number of aromatic nitrogens is 2. The van der Waals surface area contributed by atoms with E-state index in [1.807, 2.05) is 30.3 Å². The molecule has 0 aliphatic heterocycles. The van der Waals surface area contributed by atoms with Crippen molar-refractivity contribution in [3.8, 4) is 0 Å². The lowest BCUT2D eigenvalue weighted by molar-refractivity contribution is 0.112. The first-order chi connectivity index (χ1) is 7.31. The molecule has 15 heavy (non-hydrogen) atoms. The quantitative estimate of drug-likeness (QED) is 0.808. The molecule has 4 heteroatoms. The summed E-state index contributed by atoms with van der Waals surface area (Å²) in [6.07, 6.45) is 1.36. The Bertz CT molecular complexity index is 465. The summed E-state index contributed by atoms with van der Waals surface area (Å²) in [4.78, 5) is 10.8. The Morgan fingerprint density at radius 3 is 2.73 bits per heavy atom. The first-order valence-electron chi connectivity index (χ1n) is 4.53. The monoisotopic (exact) mass is 220 g/mol. The number of nitrogens with zero attached hydrogens (tertiary/aromatic N) is 1. The SMILES string of the molecule is O=Cc1c(Cl)n[nH]c1Cc1ccccc1. The summed E-state index contributed by atoms with van der Waals surface area (Å²) in [5.41, 5.74) is 2.31. The molecule has 2 rings (SSSR count). The van der Waals surface area contributed by atoms with Crippen molar-refractivity contribution in [2.75, 3.05) is 0 Å². The van der Waals surface area contributed by atoms with Gasteiger partial charge in [0.15, 0.2) is 11.4 Å². The number of aldehydes is 1. The van der Waals surface area contributed by atoms with Crippen molar-refractivity contribution in [2.24, 2.45) is 0 Å². The average molecular weight is 221 g/mol. The van der Waals surface area contributed by atoms with Gasteiger partial charge in [-0.25, -0.2) is 0 Å². The third kappa shape index (κ3) is 2.07. The molecule has 1 aromatic carbocycles. The minimum absolute atomic E-state index is 0.232. The van der Waals surface area contributed by atoms with Crippen LogP contribution < -0.4 is 0 Å². The maximum absolute atomic E-state index is 10.8. The molecule has 0 aliphatic carbocycles. The molecule has 0 spiro atoms. The smallest absolute Gasteiger partial charge is 0.161 e. The maximum atomic E-state index is 10.8. The van der Waals surface area contributed by atoms with E-state index in [0.717, 1.165) is 17.5 Å². The highest BCUT2D eigenvalue weighted by Gasteiger charge is 2.10. The van der Waals surface area contributed by atoms with Gasteiger partial charge in [-0.2, -0.15) is 5.10 Å². The van der Waals surface area contributed by atoms with Gasteiger partial charge in [-0.15, -0.1) is 0 Å². The molecular weight excluding hydrogens is 212 g/mol. The molecule has 2 aromatic rings. The van der Waals surface area contributed by atoms with Gasteiger partial charge in [0.25, 0.3) is 0 Å². The third-order valence-corrected chi connectivity index (χ3v) is 2.47. The van der Waals surface area contributed by atoms with Crippen LogP contribution in [0.25, 0.3) is 0 Å². The van der Waals surface area contributed by atoms with Crippen molar-refractivity contribution in [1.82, 2.24) is 10.2 Å². The Labute approximate surface area is 92.1 Å². The van der Waals surface area contributed by atoms with Crippen molar-refractivity contribution >= 4 is 17.9 Å². The number of H-pyrrole nitrogens is 1. The zero-order chi connectivity index (χ0) is 10.7. The fourth-order valence-corrected chi connectivity index (χ4v) is 1.62. The molecular formula is C11H9ClN2O. The summed E-state index contributed by atoms with van der Waals surface area (Å²) < 4.78 is 0. The molecule has 0 fully saturated rings. The van der Waals surface area contributed by atoms with E-state index >= 15 is 0 Å². The number of halogens is 1. The first-order valence-corrected chi connectivity index (χ1v) is 4.91. The summed E-state index contributed by atoms with van der Waals surface area (Å²) in [6, 6.07) is 9.83. The van der Waals surface area contributed by atoms with E-state index in [4.69, 9.17) is 11.6 Å². The van der Waals surface area contributed by atoms with Crippen LogP contribution in [-0.2, 0) is 6.42 Å². The fourth-order valence-electron chi connectivity index (χ4n) is 1.42. The number of rotatable bonds is 3. The van der Waals surface area contributed by atoms with Crippen LogP contribution in [0.4, 0.5) is 0 Å². The van der Waals surface area contributed by atoms with Crippen LogP contribution in [0, 0.1) is 0 Å². The summed E-state index contributed by atoms with van der Waals surface area (Å²) >= 11 is 5.74. The summed E-state index contributed by atoms with van der Waals surface area (Å²) in [7, 11) is 0. The van der Waals surface area contributed by atoms with E-state index in [9.17, 15) is 4.79 Å². The Morgan fingerprint density at radius 2 is 2.07 bits per heavy atom. The van der Waals surface area contributed by atoms with Crippen molar-refractivity contribution < 1.29 is 4.79 Å². The molecule has 0 saturated carbocycles. The number of carbonyl (C=O) groups is 1. The highest BCUT2D eigenvalue weighted by atomic mass is 35.5. The van der Waals surface area contributed by atoms with E-state index in [1.165, 1.54) is 0 Å². The molecule has 1 N–H and O–H groups in total. The molecule has 0 bridgehead atoms. The van der Waals surface area contributed by atoms with E-state index in [1.54, 1.807) is 0 Å². The Morgan fingerprint density at radius 1 is 1.33 bits per heavy atom. The van der Waals surface area contributed by atoms with Crippen molar-refractivity contribution in [2.45, 2.75) is 6.42 Å². The maximum Gasteiger partial charge on any atom is 0.161 e. The first kappa shape index (κ1) is 9.93. The van der Waals surface area contributed by atoms with Gasteiger partial charge in [-0.1, -0.05) is 41.9 Å². The predicted octanol–water partition coefficient (Wildman–Crippen LogP) is 2.47. The minimum atomic E-state index is 0.232. The number of aromatic amines is 1. The number of benzene rings is 1. The molecule has 0 radical (unpaired) electrons. The lowest BCUT2D eigenvalue weighted by Gasteiger charge is -1.98. The van der Waals surface area contributed by atoms with Gasteiger partial charge in [0.2, 0.25) is 0 Å². The molecule has 0 amide bonds. The molecule has 1 aromatic heterocycles. The van der Waals surface area contributed by atoms with Gasteiger partial charge in [0, 0.05) is 6.42 Å². The second-order valence-electron chi connectivity index (χ2n) is 3.19. The third-order valence-electron chi connectivity index (χ3n) is 2.18. The predicted molar refractivity (Wildman–Crippen MR) is 58.2 cm³/mol. The van der Waals surface area contributed by atoms with Crippen LogP contribution in [0.15, 0.2) is 30.3 Å². The molecule has 0 saturated heterocycles. The Kier molecular flexibility index (Phi) is 2.83. The molecule has 0 atom stereocenters. The van der Waals surface area contributed by atoms with Crippen LogP contribution in [0.3, 0.4) is 0 Å². The molecule has 76 valence electrons. The summed E-state index contributed by atoms with van der Waals surface area (Å²) in [5.74, 6) is 0. The molecule has 3 nitrogen and oxygen atoms in total. The van der Waals surface area contributed by atoms with E-state index in [0.29, 0.717) is 12.0 Å². The van der Waals surface area contributed by atoms with Crippen molar-refractivity contribution in [3.63, 3.8) is 0 Å². The number of nitrogens with one attached hydrogen (secondary N) is 1. The standard InChI is InChI=1S/C11H9ClN2O/c12-11-9(7-15)10(13-14-11)6-8-4-2-1-3-5-8/h1-5,7H,6H2,(H,13,14). The van der Waals surface area contributed by atoms with Crippen LogP contribution in [0.1, 0.15) is 21.6 Å². The Hall–Kier alpha value is -1.61. The van der Waals surface area contributed by atoms with Crippen molar-refractivity contribution in [3.05, 3.63) is 52.3 Å². The van der Waals surface area contributed by atoms with Gasteiger partial charge in [0.1, 0.15) is 0 Å². The van der Waals surface area contributed by atoms with E-state index in [2.05, 4.69) is 10.2 Å². The van der Waals surface area contributed by atoms with Crippen LogP contribution >= 0.6 is 11.6 Å². The molecule has 1 heterocycles. The normalized spacial score (nSPS) is 10.2. The number of hydrogen-bond acceptors (Lipinski definition) is 2. The van der Waals surface area contributed by atoms with Crippen LogP contribution in [-0.4, -0.2) is 16.5 Å². The van der Waals surface area contributed by atoms with Gasteiger partial charge in [-0.3, -0.25) is 9.89 Å². The molecule has 0 aliphatic rings. The highest BCUT2D eigenvalue weighted by Crippen LogP contribution is 2.17. The second-order valence-corrected chi connectivity index (χ2v) is 3.54. The highest BCUT2D eigenvalue weighted by molar-refractivity contribution is 6.31. The van der Waals surface area contributed by atoms with Gasteiger partial charge in [-0.05, 0) is 5.56 Å². The second kappa shape index (κ2) is 4.28. The lowest BCUT2D eigenvalue weighted by Crippen LogP contribution is -1.92. The lowest BCUT2D eigenvalue weighted by atomic mass is 10.1. The van der Waals surface area contributed by atoms with E-state index < -0.39 is 0 Å². The minimum Gasteiger partial charge on any atom is -0.298 e. The average Bonchev–Trinajstić information content (AvgIpc) is 2.61. The zero-order valence-corrected chi connectivity index (χ0v) is 8.66. The van der Waals surface area contributed by atoms with Crippen molar-refractivity contribution in [1.29, 1.82) is 0 Å². The summed E-state index contributed by atoms with van der Waals surface area (Å²) in [5, 5.41) is 6.79. The zero-order valence-electron chi connectivity index (χ0n) is 7.90. The topological polar surface area (TPSA) is 45.8 Å². The largest absolute Gasteiger partial charge is 0.298 e. The van der Waals surface area contributed by atoms with Crippen LogP contribution in [0.2, 0.25) is 5.15 Å². The molecule has 0 unspecified atom stereocenters. The fraction of sp³-hybridized carbons (Fsp3) is 0.0909. The number of hydrogen-bond donors (Lipinski definition) is 1. The van der Waals surface area contributed by atoms with Gasteiger partial charge >= 0.3 is 0 Å². The Balaban J connectivity index is 2.28.